The first-order valence-corrected chi connectivity index (χ1v) is 10.4. The number of hydrogen-bond acceptors (Lipinski definition) is 5. The van der Waals surface area contributed by atoms with Gasteiger partial charge in [0.1, 0.15) is 12.1 Å². The van der Waals surface area contributed by atoms with Gasteiger partial charge in [-0.15, -0.1) is 0 Å². The summed E-state index contributed by atoms with van der Waals surface area (Å²) in [6.45, 7) is 5.01. The molecule has 0 aromatic heterocycles. The summed E-state index contributed by atoms with van der Waals surface area (Å²) in [5.74, 6) is -0.0814. The smallest absolute Gasteiger partial charge is 0.405 e. The third-order valence-corrected chi connectivity index (χ3v) is 5.60. The van der Waals surface area contributed by atoms with Gasteiger partial charge in [-0.25, -0.2) is 4.79 Å². The van der Waals surface area contributed by atoms with Crippen LogP contribution in [0.5, 0.6) is 0 Å². The molecule has 31 heavy (non-hydrogen) atoms. The Kier molecular flexibility index (Phi) is 7.45. The van der Waals surface area contributed by atoms with E-state index in [2.05, 4.69) is 28.4 Å². The van der Waals surface area contributed by atoms with Crippen LogP contribution in [-0.2, 0) is 9.53 Å². The molecule has 2 N–H and O–H groups in total. The second-order valence-electron chi connectivity index (χ2n) is 7.75. The number of carbonyl (C=O) groups is 2. The molecular formula is C23H28N4O4. The summed E-state index contributed by atoms with van der Waals surface area (Å²) < 4.78 is 5.93. The number of amides is 2. The summed E-state index contributed by atoms with van der Waals surface area (Å²) in [7, 11) is 0. The average molecular weight is 425 g/mol. The second kappa shape index (κ2) is 10.2. The van der Waals surface area contributed by atoms with Crippen LogP contribution in [0.3, 0.4) is 0 Å². The Balaban J connectivity index is 1.43. The van der Waals surface area contributed by atoms with E-state index < -0.39 is 17.7 Å². The van der Waals surface area contributed by atoms with Crippen molar-refractivity contribution in [3.63, 3.8) is 0 Å². The van der Waals surface area contributed by atoms with Crippen molar-refractivity contribution in [2.24, 2.45) is 0 Å². The Morgan fingerprint density at radius 2 is 1.87 bits per heavy atom. The number of ether oxygens (including phenoxy) is 1. The number of allylic oxidation sites excluding steroid dienone is 2. The van der Waals surface area contributed by atoms with E-state index >= 15 is 0 Å². The molecule has 0 unspecified atom stereocenters. The Labute approximate surface area is 182 Å². The summed E-state index contributed by atoms with van der Waals surface area (Å²) in [5, 5.41) is 20.6. The van der Waals surface area contributed by atoms with Gasteiger partial charge in [-0.3, -0.25) is 9.69 Å². The van der Waals surface area contributed by atoms with E-state index in [1.807, 2.05) is 42.5 Å². The number of nitrogens with one attached hydrogen (secondary N) is 1. The first-order valence-electron chi connectivity index (χ1n) is 10.4. The second-order valence-corrected chi connectivity index (χ2v) is 7.75. The SMILES string of the molecule is C[C@@H](NC(=O)O)C(=O)N1CCN(CCOC2(C#N)C=CC(c3ccccc3)C=C2)CC1. The topological polar surface area (TPSA) is 106 Å². The van der Waals surface area contributed by atoms with Gasteiger partial charge in [0.25, 0.3) is 0 Å². The molecular weight excluding hydrogens is 396 g/mol. The molecule has 0 radical (unpaired) electrons. The van der Waals surface area contributed by atoms with Crippen LogP contribution in [0.2, 0.25) is 0 Å². The van der Waals surface area contributed by atoms with E-state index in [4.69, 9.17) is 9.84 Å². The van der Waals surface area contributed by atoms with E-state index in [0.29, 0.717) is 39.3 Å². The van der Waals surface area contributed by atoms with Crippen molar-refractivity contribution in [1.29, 1.82) is 5.26 Å². The fraction of sp³-hybridized carbons (Fsp3) is 0.435. The van der Waals surface area contributed by atoms with Crippen LogP contribution in [0.15, 0.2) is 54.6 Å². The number of rotatable bonds is 7. The van der Waals surface area contributed by atoms with Gasteiger partial charge in [-0.1, -0.05) is 42.5 Å². The van der Waals surface area contributed by atoms with Crippen molar-refractivity contribution in [3.05, 3.63) is 60.2 Å². The van der Waals surface area contributed by atoms with Crippen LogP contribution in [0.1, 0.15) is 18.4 Å². The highest BCUT2D eigenvalue weighted by atomic mass is 16.5. The molecule has 1 aromatic rings. The molecule has 164 valence electrons. The summed E-state index contributed by atoms with van der Waals surface area (Å²) in [4.78, 5) is 26.8. The highest BCUT2D eigenvalue weighted by molar-refractivity contribution is 5.85. The van der Waals surface area contributed by atoms with E-state index in [9.17, 15) is 14.9 Å². The molecule has 1 aliphatic heterocycles. The fourth-order valence-electron chi connectivity index (χ4n) is 3.77. The number of carbonyl (C=O) groups excluding carboxylic acids is 1. The van der Waals surface area contributed by atoms with E-state index in [1.54, 1.807) is 11.8 Å². The number of hydrogen-bond donors (Lipinski definition) is 2. The molecule has 1 aromatic carbocycles. The van der Waals surface area contributed by atoms with Crippen molar-refractivity contribution in [3.8, 4) is 6.07 Å². The number of nitrogens with zero attached hydrogens (tertiary/aromatic N) is 3. The number of piperazine rings is 1. The summed E-state index contributed by atoms with van der Waals surface area (Å²) in [6.07, 6.45) is 6.42. The molecule has 8 heteroatoms. The summed E-state index contributed by atoms with van der Waals surface area (Å²) >= 11 is 0. The zero-order chi connectivity index (χ0) is 22.3. The van der Waals surface area contributed by atoms with Gasteiger partial charge in [-0.2, -0.15) is 5.26 Å². The maximum Gasteiger partial charge on any atom is 0.405 e. The molecule has 1 saturated heterocycles. The van der Waals surface area contributed by atoms with Gasteiger partial charge < -0.3 is 20.1 Å². The minimum Gasteiger partial charge on any atom is -0.465 e. The van der Waals surface area contributed by atoms with E-state index in [0.717, 1.165) is 0 Å². The molecule has 1 atom stereocenters. The van der Waals surface area contributed by atoms with Crippen molar-refractivity contribution < 1.29 is 19.4 Å². The van der Waals surface area contributed by atoms with Gasteiger partial charge in [0.2, 0.25) is 5.91 Å². The van der Waals surface area contributed by atoms with Gasteiger partial charge in [-0.05, 0) is 24.6 Å². The molecule has 3 rings (SSSR count). The highest BCUT2D eigenvalue weighted by Crippen LogP contribution is 2.28. The lowest BCUT2D eigenvalue weighted by atomic mass is 9.89. The maximum absolute atomic E-state index is 12.3. The molecule has 0 spiro atoms. The lowest BCUT2D eigenvalue weighted by Gasteiger charge is -2.36. The highest BCUT2D eigenvalue weighted by Gasteiger charge is 2.29. The lowest BCUT2D eigenvalue weighted by molar-refractivity contribution is -0.134. The van der Waals surface area contributed by atoms with E-state index in [1.165, 1.54) is 5.56 Å². The standard InChI is InChI=1S/C23H28N4O4/c1-18(25-22(29)30)21(28)27-13-11-26(12-14-27)15-16-31-23(17-24)9-7-20(8-10-23)19-5-3-2-4-6-19/h2-10,18,20,25H,11-16H2,1H3,(H,29,30)/t18-,20?,23?/m1/s1. The Hall–Kier alpha value is -3.15. The predicted octanol–water partition coefficient (Wildman–Crippen LogP) is 1.98. The van der Waals surface area contributed by atoms with Crippen molar-refractivity contribution in [1.82, 2.24) is 15.1 Å². The fourth-order valence-corrected chi connectivity index (χ4v) is 3.77. The first kappa shape index (κ1) is 22.5. The monoisotopic (exact) mass is 424 g/mol. The molecule has 0 saturated carbocycles. The van der Waals surface area contributed by atoms with Crippen molar-refractivity contribution >= 4 is 12.0 Å². The number of benzene rings is 1. The van der Waals surface area contributed by atoms with E-state index in [-0.39, 0.29) is 11.8 Å². The summed E-state index contributed by atoms with van der Waals surface area (Å²) in [6, 6.07) is 11.6. The van der Waals surface area contributed by atoms with Gasteiger partial charge in [0.05, 0.1) is 6.61 Å². The zero-order valence-corrected chi connectivity index (χ0v) is 17.6. The zero-order valence-electron chi connectivity index (χ0n) is 17.6. The van der Waals surface area contributed by atoms with Crippen LogP contribution < -0.4 is 5.32 Å². The largest absolute Gasteiger partial charge is 0.465 e. The number of nitriles is 1. The van der Waals surface area contributed by atoms with Crippen molar-refractivity contribution in [2.75, 3.05) is 39.3 Å². The van der Waals surface area contributed by atoms with Gasteiger partial charge in [0.15, 0.2) is 5.60 Å². The minimum absolute atomic E-state index is 0.134. The van der Waals surface area contributed by atoms with Crippen LogP contribution >= 0.6 is 0 Å². The normalized spacial score (nSPS) is 24.4. The van der Waals surface area contributed by atoms with Crippen LogP contribution in [-0.4, -0.2) is 77.9 Å². The first-order chi connectivity index (χ1) is 14.9. The Bertz CT molecular complexity index is 855. The lowest BCUT2D eigenvalue weighted by Crippen LogP contribution is -2.54. The Morgan fingerprint density at radius 1 is 1.23 bits per heavy atom. The minimum atomic E-state index is -1.20. The third kappa shape index (κ3) is 5.94. The van der Waals surface area contributed by atoms with Crippen LogP contribution in [0.25, 0.3) is 0 Å². The quantitative estimate of drug-likeness (QED) is 0.649. The predicted molar refractivity (Wildman–Crippen MR) is 115 cm³/mol. The maximum atomic E-state index is 12.3. The molecule has 2 amide bonds. The molecule has 1 aliphatic carbocycles. The van der Waals surface area contributed by atoms with Crippen LogP contribution in [0.4, 0.5) is 4.79 Å². The molecule has 2 aliphatic rings. The molecule has 1 heterocycles. The van der Waals surface area contributed by atoms with Crippen molar-refractivity contribution in [2.45, 2.75) is 24.5 Å². The Morgan fingerprint density at radius 3 is 2.45 bits per heavy atom. The molecule has 8 nitrogen and oxygen atoms in total. The molecule has 0 bridgehead atoms. The summed E-state index contributed by atoms with van der Waals surface area (Å²) in [5.41, 5.74) is 0.114. The molecule has 1 fully saturated rings. The van der Waals surface area contributed by atoms with Gasteiger partial charge >= 0.3 is 6.09 Å². The number of carboxylic acid groups (broad SMARTS) is 1. The average Bonchev–Trinajstić information content (AvgIpc) is 2.79. The third-order valence-electron chi connectivity index (χ3n) is 5.60. The van der Waals surface area contributed by atoms with Gasteiger partial charge in [0, 0.05) is 38.6 Å². The van der Waals surface area contributed by atoms with Crippen LogP contribution in [0, 0.1) is 11.3 Å².